The molecule has 0 radical (unpaired) electrons. The van der Waals surface area contributed by atoms with E-state index in [-0.39, 0.29) is 6.04 Å². The third-order valence-corrected chi connectivity index (χ3v) is 3.69. The van der Waals surface area contributed by atoms with E-state index in [0.717, 1.165) is 24.5 Å². The van der Waals surface area contributed by atoms with Gasteiger partial charge in [0.05, 0.1) is 17.4 Å². The summed E-state index contributed by atoms with van der Waals surface area (Å²) in [7, 11) is 0. The molecule has 1 aliphatic heterocycles. The van der Waals surface area contributed by atoms with E-state index in [4.69, 9.17) is 0 Å². The van der Waals surface area contributed by atoms with E-state index in [9.17, 15) is 0 Å². The second-order valence-corrected chi connectivity index (χ2v) is 5.01. The smallest absolute Gasteiger partial charge is 0.0949 e. The van der Waals surface area contributed by atoms with Crippen LogP contribution in [0.1, 0.15) is 36.7 Å². The standard InChI is InChI=1S/C16H19N3/c1-6-12-19(13-7-1)16(14-8-2-4-10-17-14)15-9-3-5-11-18-15/h2-5,8-11,16H,1,6-7,12-13H2. The Morgan fingerprint density at radius 2 is 1.37 bits per heavy atom. The molecule has 0 unspecified atom stereocenters. The van der Waals surface area contributed by atoms with Crippen LogP contribution < -0.4 is 0 Å². The number of pyridine rings is 2. The highest BCUT2D eigenvalue weighted by Gasteiger charge is 2.25. The van der Waals surface area contributed by atoms with E-state index in [1.165, 1.54) is 19.3 Å². The van der Waals surface area contributed by atoms with Gasteiger partial charge in [0.25, 0.3) is 0 Å². The van der Waals surface area contributed by atoms with Crippen LogP contribution in [0.2, 0.25) is 0 Å². The number of likely N-dealkylation sites (tertiary alicyclic amines) is 1. The van der Waals surface area contributed by atoms with Crippen molar-refractivity contribution in [1.29, 1.82) is 0 Å². The molecule has 2 aromatic heterocycles. The van der Waals surface area contributed by atoms with Gasteiger partial charge in [0.2, 0.25) is 0 Å². The second-order valence-electron chi connectivity index (χ2n) is 5.01. The van der Waals surface area contributed by atoms with Gasteiger partial charge in [0.15, 0.2) is 0 Å². The van der Waals surface area contributed by atoms with Crippen molar-refractivity contribution in [3.05, 3.63) is 60.2 Å². The Bertz CT molecular complexity index is 452. The van der Waals surface area contributed by atoms with E-state index >= 15 is 0 Å². The molecule has 3 heterocycles. The highest BCUT2D eigenvalue weighted by atomic mass is 15.2. The largest absolute Gasteiger partial charge is 0.290 e. The van der Waals surface area contributed by atoms with Crippen LogP contribution in [-0.4, -0.2) is 28.0 Å². The Kier molecular flexibility index (Phi) is 3.84. The lowest BCUT2D eigenvalue weighted by atomic mass is 10.0. The summed E-state index contributed by atoms with van der Waals surface area (Å²) in [5, 5.41) is 0. The van der Waals surface area contributed by atoms with Crippen molar-refractivity contribution in [1.82, 2.24) is 14.9 Å². The summed E-state index contributed by atoms with van der Waals surface area (Å²) in [6, 6.07) is 12.5. The molecule has 0 N–H and O–H groups in total. The molecule has 0 bridgehead atoms. The van der Waals surface area contributed by atoms with E-state index in [1.54, 1.807) is 0 Å². The van der Waals surface area contributed by atoms with Crippen molar-refractivity contribution in [3.8, 4) is 0 Å². The summed E-state index contributed by atoms with van der Waals surface area (Å²) in [6.07, 6.45) is 7.63. The van der Waals surface area contributed by atoms with Gasteiger partial charge in [-0.2, -0.15) is 0 Å². The Hall–Kier alpha value is -1.74. The van der Waals surface area contributed by atoms with Crippen LogP contribution in [0.15, 0.2) is 48.8 Å². The number of aromatic nitrogens is 2. The average Bonchev–Trinajstić information content (AvgIpc) is 2.51. The maximum absolute atomic E-state index is 4.55. The fourth-order valence-corrected chi connectivity index (χ4v) is 2.78. The molecule has 1 fully saturated rings. The molecule has 0 aliphatic carbocycles. The number of nitrogens with zero attached hydrogens (tertiary/aromatic N) is 3. The van der Waals surface area contributed by atoms with Crippen LogP contribution in [0.4, 0.5) is 0 Å². The minimum Gasteiger partial charge on any atom is -0.290 e. The first kappa shape index (κ1) is 12.3. The molecule has 1 saturated heterocycles. The molecular formula is C16H19N3. The lowest BCUT2D eigenvalue weighted by Crippen LogP contribution is -2.35. The van der Waals surface area contributed by atoms with Crippen LogP contribution in [0.3, 0.4) is 0 Å². The summed E-state index contributed by atoms with van der Waals surface area (Å²) in [4.78, 5) is 11.6. The molecule has 0 saturated carbocycles. The van der Waals surface area contributed by atoms with Gasteiger partial charge in [-0.1, -0.05) is 18.6 Å². The predicted molar refractivity (Wildman–Crippen MR) is 75.7 cm³/mol. The van der Waals surface area contributed by atoms with Gasteiger partial charge in [0.1, 0.15) is 0 Å². The maximum Gasteiger partial charge on any atom is 0.0949 e. The molecular weight excluding hydrogens is 234 g/mol. The van der Waals surface area contributed by atoms with Gasteiger partial charge in [-0.15, -0.1) is 0 Å². The quantitative estimate of drug-likeness (QED) is 0.842. The fourth-order valence-electron chi connectivity index (χ4n) is 2.78. The molecule has 2 aromatic rings. The molecule has 98 valence electrons. The Morgan fingerprint density at radius 1 is 0.789 bits per heavy atom. The van der Waals surface area contributed by atoms with E-state index in [1.807, 2.05) is 24.5 Å². The van der Waals surface area contributed by atoms with Crippen molar-refractivity contribution in [2.45, 2.75) is 25.3 Å². The van der Waals surface area contributed by atoms with Gasteiger partial charge in [0, 0.05) is 12.4 Å². The zero-order chi connectivity index (χ0) is 12.9. The zero-order valence-corrected chi connectivity index (χ0v) is 11.1. The van der Waals surface area contributed by atoms with Crippen LogP contribution in [0.5, 0.6) is 0 Å². The summed E-state index contributed by atoms with van der Waals surface area (Å²) < 4.78 is 0. The van der Waals surface area contributed by atoms with E-state index < -0.39 is 0 Å². The number of piperidine rings is 1. The van der Waals surface area contributed by atoms with Crippen molar-refractivity contribution in [2.75, 3.05) is 13.1 Å². The minimum absolute atomic E-state index is 0.197. The molecule has 0 spiro atoms. The topological polar surface area (TPSA) is 29.0 Å². The first-order valence-corrected chi connectivity index (χ1v) is 7.01. The number of hydrogen-bond acceptors (Lipinski definition) is 3. The molecule has 19 heavy (non-hydrogen) atoms. The van der Waals surface area contributed by atoms with Crippen molar-refractivity contribution >= 4 is 0 Å². The third-order valence-electron chi connectivity index (χ3n) is 3.69. The SMILES string of the molecule is c1ccc(C(c2ccccn2)N2CCCCC2)nc1. The van der Waals surface area contributed by atoms with Gasteiger partial charge in [-0.3, -0.25) is 14.9 Å². The molecule has 3 nitrogen and oxygen atoms in total. The monoisotopic (exact) mass is 253 g/mol. The van der Waals surface area contributed by atoms with Gasteiger partial charge in [-0.05, 0) is 50.2 Å². The first-order chi connectivity index (χ1) is 9.45. The summed E-state index contributed by atoms with van der Waals surface area (Å²) in [5.41, 5.74) is 2.20. The summed E-state index contributed by atoms with van der Waals surface area (Å²) in [6.45, 7) is 2.27. The Morgan fingerprint density at radius 3 is 1.84 bits per heavy atom. The second kappa shape index (κ2) is 5.93. The van der Waals surface area contributed by atoms with E-state index in [2.05, 4.69) is 39.1 Å². The molecule has 0 amide bonds. The lowest BCUT2D eigenvalue weighted by molar-refractivity contribution is 0.182. The normalized spacial score (nSPS) is 16.7. The van der Waals surface area contributed by atoms with Crippen LogP contribution in [0, 0.1) is 0 Å². The van der Waals surface area contributed by atoms with Crippen molar-refractivity contribution in [2.24, 2.45) is 0 Å². The highest BCUT2D eigenvalue weighted by Crippen LogP contribution is 2.28. The molecule has 1 aliphatic rings. The predicted octanol–water partition coefficient (Wildman–Crippen LogP) is 3.05. The van der Waals surface area contributed by atoms with Crippen LogP contribution >= 0.6 is 0 Å². The van der Waals surface area contributed by atoms with Gasteiger partial charge >= 0.3 is 0 Å². The molecule has 3 heteroatoms. The zero-order valence-electron chi connectivity index (χ0n) is 11.1. The average molecular weight is 253 g/mol. The lowest BCUT2D eigenvalue weighted by Gasteiger charge is -2.33. The van der Waals surface area contributed by atoms with E-state index in [0.29, 0.717) is 0 Å². The van der Waals surface area contributed by atoms with Crippen molar-refractivity contribution in [3.63, 3.8) is 0 Å². The van der Waals surface area contributed by atoms with Gasteiger partial charge in [-0.25, -0.2) is 0 Å². The minimum atomic E-state index is 0.197. The first-order valence-electron chi connectivity index (χ1n) is 7.01. The maximum atomic E-state index is 4.55. The number of hydrogen-bond donors (Lipinski definition) is 0. The van der Waals surface area contributed by atoms with Crippen molar-refractivity contribution < 1.29 is 0 Å². The Labute approximate surface area is 114 Å². The number of rotatable bonds is 3. The molecule has 3 rings (SSSR count). The highest BCUT2D eigenvalue weighted by molar-refractivity contribution is 5.22. The molecule has 0 atom stereocenters. The summed E-state index contributed by atoms with van der Waals surface area (Å²) in [5.74, 6) is 0. The van der Waals surface area contributed by atoms with Gasteiger partial charge < -0.3 is 0 Å². The van der Waals surface area contributed by atoms with Crippen LogP contribution in [0.25, 0.3) is 0 Å². The fraction of sp³-hybridized carbons (Fsp3) is 0.375. The molecule has 0 aromatic carbocycles. The summed E-state index contributed by atoms with van der Waals surface area (Å²) >= 11 is 0. The van der Waals surface area contributed by atoms with Crippen LogP contribution in [-0.2, 0) is 0 Å². The Balaban J connectivity index is 1.96. The third kappa shape index (κ3) is 2.82.